The molecule has 3 aliphatic rings. The van der Waals surface area contributed by atoms with Crippen molar-refractivity contribution < 1.29 is 9.59 Å². The first-order chi connectivity index (χ1) is 12.2. The van der Waals surface area contributed by atoms with Crippen molar-refractivity contribution in [3.05, 3.63) is 24.3 Å². The standard InChI is InChI=1S/C19H28N4O2/c1-3-4-5-9-21-19(20-2)22-10-6-11-23-17(24)15-13-7-8-14(12-13)16(15)18(23)25/h3-4,7-8,13-16H,5-6,9-12H2,1-2H3,(H2,20,21,22)/b4-3+. The molecule has 1 aliphatic heterocycles. The van der Waals surface area contributed by atoms with Gasteiger partial charge in [0.25, 0.3) is 0 Å². The van der Waals surface area contributed by atoms with Gasteiger partial charge in [-0.2, -0.15) is 0 Å². The number of hydrogen-bond donors (Lipinski definition) is 2. The van der Waals surface area contributed by atoms with Crippen molar-refractivity contribution in [3.8, 4) is 0 Å². The molecule has 2 bridgehead atoms. The van der Waals surface area contributed by atoms with Gasteiger partial charge in [0.2, 0.25) is 11.8 Å². The summed E-state index contributed by atoms with van der Waals surface area (Å²) in [7, 11) is 1.74. The molecule has 6 heteroatoms. The van der Waals surface area contributed by atoms with Crippen LogP contribution in [0.3, 0.4) is 0 Å². The third kappa shape index (κ3) is 3.48. The molecule has 0 aromatic carbocycles. The molecule has 1 saturated carbocycles. The van der Waals surface area contributed by atoms with Gasteiger partial charge in [0.05, 0.1) is 11.8 Å². The zero-order valence-electron chi connectivity index (χ0n) is 15.1. The van der Waals surface area contributed by atoms with Gasteiger partial charge in [-0.1, -0.05) is 24.3 Å². The number of fused-ring (bicyclic) bond motifs is 5. The predicted octanol–water partition coefficient (Wildman–Crippen LogP) is 1.31. The number of nitrogens with one attached hydrogen (secondary N) is 2. The lowest BCUT2D eigenvalue weighted by Gasteiger charge is -2.18. The van der Waals surface area contributed by atoms with E-state index in [1.165, 1.54) is 4.90 Å². The van der Waals surface area contributed by atoms with Crippen LogP contribution in [0, 0.1) is 23.7 Å². The first-order valence-electron chi connectivity index (χ1n) is 9.26. The molecule has 0 aromatic rings. The second-order valence-electron chi connectivity index (χ2n) is 6.97. The van der Waals surface area contributed by atoms with E-state index in [-0.39, 0.29) is 35.5 Å². The van der Waals surface area contributed by atoms with Crippen molar-refractivity contribution in [2.75, 3.05) is 26.7 Å². The van der Waals surface area contributed by atoms with Crippen molar-refractivity contribution in [3.63, 3.8) is 0 Å². The van der Waals surface area contributed by atoms with Gasteiger partial charge in [-0.25, -0.2) is 0 Å². The van der Waals surface area contributed by atoms with Crippen molar-refractivity contribution in [2.45, 2.75) is 26.2 Å². The van der Waals surface area contributed by atoms with Gasteiger partial charge in [0, 0.05) is 26.7 Å². The highest BCUT2D eigenvalue weighted by Crippen LogP contribution is 2.52. The van der Waals surface area contributed by atoms with Crippen molar-refractivity contribution in [1.82, 2.24) is 15.5 Å². The van der Waals surface area contributed by atoms with E-state index in [4.69, 9.17) is 0 Å². The summed E-state index contributed by atoms with van der Waals surface area (Å²) in [6, 6.07) is 0. The van der Waals surface area contributed by atoms with Gasteiger partial charge in [-0.05, 0) is 38.0 Å². The molecule has 1 heterocycles. The predicted molar refractivity (Wildman–Crippen MR) is 97.8 cm³/mol. The van der Waals surface area contributed by atoms with Crippen LogP contribution in [0.25, 0.3) is 0 Å². The number of nitrogens with zero attached hydrogens (tertiary/aromatic N) is 2. The molecule has 136 valence electrons. The number of carbonyl (C=O) groups is 2. The fourth-order valence-electron chi connectivity index (χ4n) is 4.29. The van der Waals surface area contributed by atoms with Crippen LogP contribution in [0.1, 0.15) is 26.2 Å². The highest BCUT2D eigenvalue weighted by Gasteiger charge is 2.58. The highest BCUT2D eigenvalue weighted by molar-refractivity contribution is 6.06. The van der Waals surface area contributed by atoms with Gasteiger partial charge in [-0.15, -0.1) is 0 Å². The first-order valence-corrected chi connectivity index (χ1v) is 9.26. The monoisotopic (exact) mass is 344 g/mol. The number of allylic oxidation sites excluding steroid dienone is 3. The molecule has 4 unspecified atom stereocenters. The molecule has 6 nitrogen and oxygen atoms in total. The molecule has 3 rings (SSSR count). The fourth-order valence-corrected chi connectivity index (χ4v) is 4.29. The van der Waals surface area contributed by atoms with E-state index in [2.05, 4.69) is 33.9 Å². The second-order valence-corrected chi connectivity index (χ2v) is 6.97. The number of amides is 2. The highest BCUT2D eigenvalue weighted by atomic mass is 16.2. The minimum absolute atomic E-state index is 0.0423. The minimum atomic E-state index is -0.0866. The van der Waals surface area contributed by atoms with Crippen LogP contribution in [-0.2, 0) is 9.59 Å². The molecular weight excluding hydrogens is 316 g/mol. The average Bonchev–Trinajstić information content (AvgIpc) is 3.29. The Morgan fingerprint density at radius 1 is 1.20 bits per heavy atom. The largest absolute Gasteiger partial charge is 0.356 e. The molecule has 2 N–H and O–H groups in total. The number of hydrogen-bond acceptors (Lipinski definition) is 3. The minimum Gasteiger partial charge on any atom is -0.356 e. The number of carbonyl (C=O) groups excluding carboxylic acids is 2. The van der Waals surface area contributed by atoms with Gasteiger partial charge < -0.3 is 10.6 Å². The third-order valence-corrected chi connectivity index (χ3v) is 5.48. The normalized spacial score (nSPS) is 30.6. The smallest absolute Gasteiger partial charge is 0.233 e. The summed E-state index contributed by atoms with van der Waals surface area (Å²) in [5, 5.41) is 6.47. The number of likely N-dealkylation sites (tertiary alicyclic amines) is 1. The molecule has 0 radical (unpaired) electrons. The molecule has 0 spiro atoms. The van der Waals surface area contributed by atoms with E-state index in [0.29, 0.717) is 13.1 Å². The lowest BCUT2D eigenvalue weighted by molar-refractivity contribution is -0.140. The molecule has 2 fully saturated rings. The van der Waals surface area contributed by atoms with Gasteiger partial charge in [0.15, 0.2) is 5.96 Å². The Hall–Kier alpha value is -2.11. The number of rotatable bonds is 7. The Labute approximate surface area is 149 Å². The Bertz CT molecular complexity index is 581. The van der Waals surface area contributed by atoms with Crippen LogP contribution in [0.5, 0.6) is 0 Å². The maximum Gasteiger partial charge on any atom is 0.233 e. The summed E-state index contributed by atoms with van der Waals surface area (Å²) >= 11 is 0. The van der Waals surface area contributed by atoms with Crippen LogP contribution in [0.15, 0.2) is 29.3 Å². The van der Waals surface area contributed by atoms with E-state index < -0.39 is 0 Å². The lowest BCUT2D eigenvalue weighted by Crippen LogP contribution is -2.40. The van der Waals surface area contributed by atoms with Crippen LogP contribution >= 0.6 is 0 Å². The average molecular weight is 344 g/mol. The first kappa shape index (κ1) is 17.7. The molecule has 2 amide bonds. The van der Waals surface area contributed by atoms with E-state index in [1.807, 2.05) is 13.0 Å². The third-order valence-electron chi connectivity index (χ3n) is 5.48. The van der Waals surface area contributed by atoms with Crippen LogP contribution in [-0.4, -0.2) is 49.4 Å². The van der Waals surface area contributed by atoms with Crippen LogP contribution in [0.4, 0.5) is 0 Å². The maximum atomic E-state index is 12.6. The van der Waals surface area contributed by atoms with E-state index >= 15 is 0 Å². The summed E-state index contributed by atoms with van der Waals surface area (Å²) in [5.41, 5.74) is 0. The molecule has 1 saturated heterocycles. The molecule has 4 atom stereocenters. The van der Waals surface area contributed by atoms with Crippen LogP contribution in [0.2, 0.25) is 0 Å². The number of guanidine groups is 1. The quantitative estimate of drug-likeness (QED) is 0.240. The van der Waals surface area contributed by atoms with Gasteiger partial charge >= 0.3 is 0 Å². The van der Waals surface area contributed by atoms with Crippen molar-refractivity contribution in [2.24, 2.45) is 28.7 Å². The van der Waals surface area contributed by atoms with Gasteiger partial charge in [0.1, 0.15) is 0 Å². The van der Waals surface area contributed by atoms with Crippen LogP contribution < -0.4 is 10.6 Å². The fraction of sp³-hybridized carbons (Fsp3) is 0.632. The zero-order valence-corrected chi connectivity index (χ0v) is 15.1. The topological polar surface area (TPSA) is 73.8 Å². The number of imide groups is 1. The lowest BCUT2D eigenvalue weighted by atomic mass is 9.85. The van der Waals surface area contributed by atoms with Crippen molar-refractivity contribution in [1.29, 1.82) is 0 Å². The summed E-state index contributed by atoms with van der Waals surface area (Å²) in [5.74, 6) is 1.24. The summed E-state index contributed by atoms with van der Waals surface area (Å²) in [4.78, 5) is 30.8. The molecule has 2 aliphatic carbocycles. The molecule has 0 aromatic heterocycles. The van der Waals surface area contributed by atoms with E-state index in [0.717, 1.165) is 31.8 Å². The SMILES string of the molecule is C/C=C/CCNC(=NC)NCCCN1C(=O)C2C3C=CC(C3)C2C1=O. The Morgan fingerprint density at radius 3 is 2.44 bits per heavy atom. The summed E-state index contributed by atoms with van der Waals surface area (Å²) in [6.45, 7) is 4.00. The Balaban J connectivity index is 1.41. The van der Waals surface area contributed by atoms with Crippen molar-refractivity contribution >= 4 is 17.8 Å². The van der Waals surface area contributed by atoms with E-state index in [9.17, 15) is 9.59 Å². The number of aliphatic imine (C=N–C) groups is 1. The zero-order chi connectivity index (χ0) is 17.8. The Kier molecular flexibility index (Phi) is 5.56. The molecule has 25 heavy (non-hydrogen) atoms. The van der Waals surface area contributed by atoms with Gasteiger partial charge in [-0.3, -0.25) is 19.5 Å². The second kappa shape index (κ2) is 7.85. The maximum absolute atomic E-state index is 12.6. The summed E-state index contributed by atoms with van der Waals surface area (Å²) < 4.78 is 0. The van der Waals surface area contributed by atoms with E-state index in [1.54, 1.807) is 7.05 Å². The Morgan fingerprint density at radius 2 is 1.84 bits per heavy atom. The molecular formula is C19H28N4O2. The summed E-state index contributed by atoms with van der Waals surface area (Å²) in [6.07, 6.45) is 11.1.